The zero-order valence-electron chi connectivity index (χ0n) is 7.43. The van der Waals surface area contributed by atoms with Crippen LogP contribution in [0.1, 0.15) is 0 Å². The first-order chi connectivity index (χ1) is 6.09. The summed E-state index contributed by atoms with van der Waals surface area (Å²) in [5.41, 5.74) is 0. The molecule has 1 unspecified atom stereocenters. The first-order valence-electron chi connectivity index (χ1n) is 4.19. The molecule has 1 saturated heterocycles. The van der Waals surface area contributed by atoms with E-state index in [1.165, 1.54) is 0 Å². The predicted molar refractivity (Wildman–Crippen MR) is 49.7 cm³/mol. The summed E-state index contributed by atoms with van der Waals surface area (Å²) in [5, 5.41) is 9.12. The molecular weight excluding hydrogens is 192 g/mol. The lowest BCUT2D eigenvalue weighted by Gasteiger charge is -2.34. The molecule has 0 spiro atoms. The maximum atomic E-state index is 10.4. The number of aliphatic hydroxyl groups is 1. The van der Waals surface area contributed by atoms with Gasteiger partial charge in [0.25, 0.3) is 0 Å². The van der Waals surface area contributed by atoms with Crippen LogP contribution in [-0.2, 0) is 10.7 Å². The fraction of sp³-hybridized carbons (Fsp3) is 0.857. The molecule has 0 amide bonds. The Morgan fingerprint density at radius 3 is 2.23 bits per heavy atom. The van der Waals surface area contributed by atoms with E-state index in [0.717, 1.165) is 0 Å². The first kappa shape index (κ1) is 10.9. The van der Waals surface area contributed by atoms with Gasteiger partial charge in [-0.25, -0.2) is 8.42 Å². The molecule has 0 aromatic heterocycles. The molecule has 5 nitrogen and oxygen atoms in total. The van der Waals surface area contributed by atoms with Crippen LogP contribution in [0.15, 0.2) is 0 Å². The average molecular weight is 207 g/mol. The molecule has 0 aliphatic carbocycles. The van der Waals surface area contributed by atoms with Gasteiger partial charge in [-0.3, -0.25) is 9.80 Å². The van der Waals surface area contributed by atoms with Gasteiger partial charge in [-0.15, -0.1) is 0 Å². The van der Waals surface area contributed by atoms with Crippen LogP contribution in [0.25, 0.3) is 0 Å². The zero-order valence-corrected chi connectivity index (χ0v) is 8.32. The lowest BCUT2D eigenvalue weighted by molar-refractivity contribution is 0.00759. The molecule has 0 saturated carbocycles. The van der Waals surface area contributed by atoms with Crippen LogP contribution in [0.5, 0.6) is 0 Å². The van der Waals surface area contributed by atoms with E-state index in [1.54, 1.807) is 0 Å². The Bertz CT molecular complexity index is 214. The average Bonchev–Trinajstić information content (AvgIpc) is 2.04. The highest BCUT2D eigenvalue weighted by Crippen LogP contribution is 2.03. The highest BCUT2D eigenvalue weighted by molar-refractivity contribution is 7.72. The van der Waals surface area contributed by atoms with E-state index in [9.17, 15) is 8.42 Å². The summed E-state index contributed by atoms with van der Waals surface area (Å²) in [6.07, 6.45) is -0.678. The summed E-state index contributed by atoms with van der Waals surface area (Å²) in [6, 6.07) is 0. The third-order valence-corrected chi connectivity index (χ3v) is 2.77. The van der Waals surface area contributed by atoms with Gasteiger partial charge in [0.05, 0.1) is 5.88 Å². The van der Waals surface area contributed by atoms with Gasteiger partial charge >= 0.3 is 0 Å². The molecular formula is C7H15N2O3S. The van der Waals surface area contributed by atoms with Crippen molar-refractivity contribution in [1.82, 2.24) is 9.80 Å². The van der Waals surface area contributed by atoms with Gasteiger partial charge in [0.15, 0.2) is 10.7 Å². The molecule has 1 aliphatic rings. The van der Waals surface area contributed by atoms with Crippen LogP contribution in [-0.4, -0.2) is 61.6 Å². The van der Waals surface area contributed by atoms with E-state index in [0.29, 0.717) is 26.2 Å². The summed E-state index contributed by atoms with van der Waals surface area (Å²) in [7, 11) is -2.32. The van der Waals surface area contributed by atoms with Crippen LogP contribution < -0.4 is 0 Å². The van der Waals surface area contributed by atoms with Crippen molar-refractivity contribution in [2.24, 2.45) is 0 Å². The van der Waals surface area contributed by atoms with Crippen LogP contribution >= 0.6 is 0 Å². The van der Waals surface area contributed by atoms with Crippen molar-refractivity contribution in [1.29, 1.82) is 0 Å². The molecule has 1 rings (SSSR count). The topological polar surface area (TPSA) is 60.9 Å². The number of hydrogen-bond acceptors (Lipinski definition) is 5. The fourth-order valence-electron chi connectivity index (χ4n) is 1.37. The van der Waals surface area contributed by atoms with Crippen molar-refractivity contribution in [3.63, 3.8) is 0 Å². The smallest absolute Gasteiger partial charge is 0.153 e. The Morgan fingerprint density at radius 2 is 1.85 bits per heavy atom. The standard InChI is InChI=1S/C7H15N2O3S/c1-7(10)9-4-2-8(3-5-9)6-13(11)12/h7,10,13H,1-6H2. The molecule has 0 aromatic rings. The lowest BCUT2D eigenvalue weighted by atomic mass is 10.3. The van der Waals surface area contributed by atoms with Crippen LogP contribution in [0.2, 0.25) is 0 Å². The first-order valence-corrected chi connectivity index (χ1v) is 5.55. The molecule has 0 aromatic carbocycles. The molecule has 13 heavy (non-hydrogen) atoms. The van der Waals surface area contributed by atoms with Crippen LogP contribution in [0, 0.1) is 6.92 Å². The second-order valence-corrected chi connectivity index (χ2v) is 4.06. The van der Waals surface area contributed by atoms with Crippen molar-refractivity contribution in [2.45, 2.75) is 6.23 Å². The van der Waals surface area contributed by atoms with Gasteiger partial charge < -0.3 is 5.11 Å². The van der Waals surface area contributed by atoms with Crippen molar-refractivity contribution >= 4 is 10.7 Å². The Hall–Kier alpha value is -0.170. The molecule has 1 heterocycles. The molecule has 77 valence electrons. The summed E-state index contributed by atoms with van der Waals surface area (Å²) < 4.78 is 20.8. The summed E-state index contributed by atoms with van der Waals surface area (Å²) >= 11 is 0. The molecule has 1 radical (unpaired) electrons. The Kier molecular flexibility index (Phi) is 4.11. The second kappa shape index (κ2) is 4.90. The number of rotatable bonds is 3. The third-order valence-electron chi connectivity index (χ3n) is 2.14. The highest BCUT2D eigenvalue weighted by atomic mass is 32.2. The molecule has 1 aliphatic heterocycles. The van der Waals surface area contributed by atoms with Crippen molar-refractivity contribution in [3.8, 4) is 0 Å². The molecule has 1 atom stereocenters. The Balaban J connectivity index is 2.30. The van der Waals surface area contributed by atoms with Crippen molar-refractivity contribution in [2.75, 3.05) is 32.1 Å². The number of hydrogen-bond donors (Lipinski definition) is 2. The minimum atomic E-state index is -2.32. The maximum Gasteiger partial charge on any atom is 0.153 e. The van der Waals surface area contributed by atoms with E-state index >= 15 is 0 Å². The molecule has 0 bridgehead atoms. The molecule has 1 fully saturated rings. The minimum absolute atomic E-state index is 0.121. The van der Waals surface area contributed by atoms with Gasteiger partial charge in [-0.1, -0.05) is 0 Å². The van der Waals surface area contributed by atoms with E-state index in [4.69, 9.17) is 5.11 Å². The van der Waals surface area contributed by atoms with Gasteiger partial charge in [-0.2, -0.15) is 0 Å². The van der Waals surface area contributed by atoms with E-state index in [1.807, 2.05) is 9.80 Å². The quantitative estimate of drug-likeness (QED) is 0.542. The fourth-order valence-corrected chi connectivity index (χ4v) is 1.98. The van der Waals surface area contributed by atoms with Crippen molar-refractivity contribution in [3.05, 3.63) is 6.92 Å². The summed E-state index contributed by atoms with van der Waals surface area (Å²) in [5.74, 6) is 0.121. The number of aliphatic hydroxyl groups excluding tert-OH is 1. The van der Waals surface area contributed by atoms with Crippen LogP contribution in [0.3, 0.4) is 0 Å². The van der Waals surface area contributed by atoms with E-state index in [-0.39, 0.29) is 5.88 Å². The monoisotopic (exact) mass is 207 g/mol. The lowest BCUT2D eigenvalue weighted by Crippen LogP contribution is -2.49. The second-order valence-electron chi connectivity index (χ2n) is 3.11. The third kappa shape index (κ3) is 3.60. The Labute approximate surface area is 79.9 Å². The van der Waals surface area contributed by atoms with Gasteiger partial charge in [0, 0.05) is 26.2 Å². The molecule has 1 N–H and O–H groups in total. The zero-order chi connectivity index (χ0) is 9.84. The normalized spacial score (nSPS) is 23.6. The van der Waals surface area contributed by atoms with Gasteiger partial charge in [-0.05, 0) is 6.92 Å². The van der Waals surface area contributed by atoms with Crippen LogP contribution in [0.4, 0.5) is 0 Å². The highest BCUT2D eigenvalue weighted by Gasteiger charge is 2.19. The predicted octanol–water partition coefficient (Wildman–Crippen LogP) is -1.67. The molecule has 6 heteroatoms. The van der Waals surface area contributed by atoms with E-state index < -0.39 is 16.9 Å². The number of thiol groups is 1. The number of nitrogens with zero attached hydrogens (tertiary/aromatic N) is 2. The van der Waals surface area contributed by atoms with E-state index in [2.05, 4.69) is 6.92 Å². The summed E-state index contributed by atoms with van der Waals surface area (Å²) in [6.45, 7) is 6.19. The Morgan fingerprint density at radius 1 is 1.31 bits per heavy atom. The SMILES string of the molecule is [CH2]C(O)N1CCN(C[SH](=O)=O)CC1. The maximum absolute atomic E-state index is 10.4. The van der Waals surface area contributed by atoms with Gasteiger partial charge in [0.1, 0.15) is 6.23 Å². The minimum Gasteiger partial charge on any atom is -0.378 e. The largest absolute Gasteiger partial charge is 0.378 e. The van der Waals surface area contributed by atoms with Gasteiger partial charge in [0.2, 0.25) is 0 Å². The van der Waals surface area contributed by atoms with Crippen molar-refractivity contribution < 1.29 is 13.5 Å². The summed E-state index contributed by atoms with van der Waals surface area (Å²) in [4.78, 5) is 3.67. The number of piperazine rings is 1.